The summed E-state index contributed by atoms with van der Waals surface area (Å²) >= 11 is 0. The third-order valence-corrected chi connectivity index (χ3v) is 11.4. The molecule has 2 nitrogen and oxygen atoms in total. The molecule has 0 amide bonds. The van der Waals surface area contributed by atoms with Crippen molar-refractivity contribution in [2.75, 3.05) is 17.3 Å². The highest BCUT2D eigenvalue weighted by molar-refractivity contribution is 8.30. The van der Waals surface area contributed by atoms with E-state index in [9.17, 15) is 106 Å². The average Bonchev–Trinajstić information content (AvgIpc) is 2.99. The Labute approximate surface area is 288 Å². The van der Waals surface area contributed by atoms with Gasteiger partial charge in [0, 0.05) is 17.3 Å². The Morgan fingerprint density at radius 2 is 0.604 bits per heavy atom. The summed E-state index contributed by atoms with van der Waals surface area (Å²) in [5.74, 6) is -94.6. The molecule has 0 bridgehead atoms. The van der Waals surface area contributed by atoms with E-state index in [1.54, 1.807) is 20.8 Å². The predicted molar refractivity (Wildman–Crippen MR) is 142 cm³/mol. The molecule has 0 aliphatic rings. The van der Waals surface area contributed by atoms with Gasteiger partial charge < -0.3 is 4.18 Å². The van der Waals surface area contributed by atoms with Crippen molar-refractivity contribution in [3.8, 4) is 0 Å². The van der Waals surface area contributed by atoms with E-state index >= 15 is 0 Å². The van der Waals surface area contributed by atoms with Crippen LogP contribution in [-0.4, -0.2) is 88.6 Å². The number of rotatable bonds is 23. The fourth-order valence-corrected chi connectivity index (χ4v) is 7.85. The highest BCUT2D eigenvalue weighted by Crippen LogP contribution is 2.67. The van der Waals surface area contributed by atoms with Crippen LogP contribution in [0.2, 0.25) is 0 Å². The SMILES string of the molecule is CCCCCS(CCCCC)(CCCCC)OC(=O)C(F)(F)C(F)(F)C(F)(F)C(F)(F)C(F)(F)C(F)(F)C(F)(F)C(F)(F)C(F)(F)C(F)(F)C(F)(F)F. The first-order valence-electron chi connectivity index (χ1n) is 15.2. The van der Waals surface area contributed by atoms with E-state index in [0.717, 1.165) is 0 Å². The van der Waals surface area contributed by atoms with Crippen LogP contribution in [0.4, 0.5) is 101 Å². The van der Waals surface area contributed by atoms with E-state index in [1.165, 1.54) is 0 Å². The molecule has 0 saturated carbocycles. The van der Waals surface area contributed by atoms with Gasteiger partial charge >= 0.3 is 71.4 Å². The van der Waals surface area contributed by atoms with Gasteiger partial charge in [-0.1, -0.05) is 69.6 Å². The fourth-order valence-electron chi connectivity index (χ4n) is 4.37. The molecule has 0 rings (SSSR count). The Morgan fingerprint density at radius 1 is 0.377 bits per heavy atom. The Bertz CT molecular complexity index is 1170. The van der Waals surface area contributed by atoms with Gasteiger partial charge in [-0.3, -0.25) is 0 Å². The number of hydrogen-bond donors (Lipinski definition) is 0. The molecule has 0 aromatic heterocycles. The van der Waals surface area contributed by atoms with Crippen LogP contribution in [0.1, 0.15) is 78.6 Å². The summed E-state index contributed by atoms with van der Waals surface area (Å²) in [5.41, 5.74) is 0. The quantitative estimate of drug-likeness (QED) is 0.0756. The fraction of sp³-hybridized carbons (Fsp3) is 0.963. The number of unbranched alkanes of at least 4 members (excludes halogenated alkanes) is 6. The van der Waals surface area contributed by atoms with Crippen molar-refractivity contribution in [3.63, 3.8) is 0 Å². The average molecular weight is 859 g/mol. The molecule has 320 valence electrons. The van der Waals surface area contributed by atoms with Gasteiger partial charge in [-0.2, -0.15) is 101 Å². The molecule has 0 aliphatic carbocycles. The lowest BCUT2D eigenvalue weighted by Gasteiger charge is -2.45. The first-order valence-corrected chi connectivity index (χ1v) is 17.2. The molecule has 0 spiro atoms. The third-order valence-electron chi connectivity index (χ3n) is 7.77. The van der Waals surface area contributed by atoms with Crippen molar-refractivity contribution in [1.29, 1.82) is 0 Å². The largest absolute Gasteiger partial charge is 0.460 e. The monoisotopic (exact) mass is 858 g/mol. The minimum absolute atomic E-state index is 0.0122. The second-order valence-corrected chi connectivity index (χ2v) is 15.1. The summed E-state index contributed by atoms with van der Waals surface area (Å²) in [4.78, 5) is 12.4. The van der Waals surface area contributed by atoms with Crippen LogP contribution < -0.4 is 0 Å². The van der Waals surface area contributed by atoms with Crippen molar-refractivity contribution in [2.24, 2.45) is 0 Å². The molecule has 0 N–H and O–H groups in total. The van der Waals surface area contributed by atoms with Crippen LogP contribution in [-0.2, 0) is 8.98 Å². The van der Waals surface area contributed by atoms with Gasteiger partial charge in [-0.15, -0.1) is 0 Å². The molecule has 0 saturated heterocycles. The van der Waals surface area contributed by atoms with E-state index in [1.807, 2.05) is 0 Å². The molecule has 53 heavy (non-hydrogen) atoms. The second kappa shape index (κ2) is 16.4. The number of carbonyl (C=O) groups excluding carboxylic acids is 1. The normalized spacial score (nSPS) is 15.9. The molecule has 0 heterocycles. The lowest BCUT2D eigenvalue weighted by molar-refractivity contribution is -0.477. The molecule has 0 radical (unpaired) electrons. The summed E-state index contributed by atoms with van der Waals surface area (Å²) in [6.45, 7) is 4.77. The minimum Gasteiger partial charge on any atom is -0.411 e. The van der Waals surface area contributed by atoms with Gasteiger partial charge in [-0.05, 0) is 19.3 Å². The lowest BCUT2D eigenvalue weighted by Crippen LogP contribution is -2.78. The van der Waals surface area contributed by atoms with Gasteiger partial charge in [0.1, 0.15) is 0 Å². The van der Waals surface area contributed by atoms with Crippen LogP contribution in [0.5, 0.6) is 0 Å². The summed E-state index contributed by atoms with van der Waals surface area (Å²) in [5, 5.41) is 0. The predicted octanol–water partition coefficient (Wildman–Crippen LogP) is 12.7. The molecule has 0 atom stereocenters. The van der Waals surface area contributed by atoms with Crippen LogP contribution in [0.25, 0.3) is 0 Å². The maximum absolute atomic E-state index is 14.8. The van der Waals surface area contributed by atoms with Gasteiger partial charge in [0.05, 0.1) is 0 Å². The molecular formula is C27H33F23O2S. The molecule has 0 aliphatic heterocycles. The zero-order valence-corrected chi connectivity index (χ0v) is 28.2. The van der Waals surface area contributed by atoms with Crippen LogP contribution >= 0.6 is 10.3 Å². The van der Waals surface area contributed by atoms with E-state index in [2.05, 4.69) is 4.18 Å². The van der Waals surface area contributed by atoms with Gasteiger partial charge in [0.2, 0.25) is 0 Å². The van der Waals surface area contributed by atoms with Gasteiger partial charge in [-0.25, -0.2) is 4.79 Å². The zero-order valence-electron chi connectivity index (χ0n) is 27.4. The zero-order chi connectivity index (χ0) is 42.8. The Morgan fingerprint density at radius 3 is 0.830 bits per heavy atom. The highest BCUT2D eigenvalue weighted by Gasteiger charge is 2.99. The van der Waals surface area contributed by atoms with Gasteiger partial charge in [0.25, 0.3) is 0 Å². The molecule has 0 fully saturated rings. The maximum atomic E-state index is 14.8. The summed E-state index contributed by atoms with van der Waals surface area (Å²) in [7, 11) is -3.42. The Hall–Kier alpha value is -1.79. The smallest absolute Gasteiger partial charge is 0.411 e. The Balaban J connectivity index is 7.28. The number of alkyl halides is 23. The minimum atomic E-state index is -9.50. The number of carbonyl (C=O) groups is 1. The molecule has 26 heteroatoms. The number of halogens is 23. The van der Waals surface area contributed by atoms with Crippen molar-refractivity contribution < 1.29 is 110 Å². The summed E-state index contributed by atoms with van der Waals surface area (Å²) in [6, 6.07) is 0. The van der Waals surface area contributed by atoms with E-state index in [0.29, 0.717) is 19.3 Å². The molecule has 0 aromatic rings. The maximum Gasteiger partial charge on any atom is 0.460 e. The van der Waals surface area contributed by atoms with Crippen LogP contribution in [0.15, 0.2) is 0 Å². The van der Waals surface area contributed by atoms with Crippen molar-refractivity contribution >= 4 is 16.3 Å². The third kappa shape index (κ3) is 8.49. The number of hydrogen-bond acceptors (Lipinski definition) is 2. The van der Waals surface area contributed by atoms with Crippen LogP contribution in [0, 0.1) is 0 Å². The van der Waals surface area contributed by atoms with E-state index in [-0.39, 0.29) is 38.5 Å². The molecule has 0 unspecified atom stereocenters. The highest BCUT2D eigenvalue weighted by atomic mass is 32.3. The summed E-state index contributed by atoms with van der Waals surface area (Å²) < 4.78 is 322. The van der Waals surface area contributed by atoms with Gasteiger partial charge in [0.15, 0.2) is 0 Å². The van der Waals surface area contributed by atoms with Crippen molar-refractivity contribution in [2.45, 2.75) is 144 Å². The first-order chi connectivity index (χ1) is 23.3. The lowest BCUT2D eigenvalue weighted by atomic mass is 9.85. The molecule has 0 aromatic carbocycles. The van der Waals surface area contributed by atoms with Crippen molar-refractivity contribution in [3.05, 3.63) is 0 Å². The van der Waals surface area contributed by atoms with E-state index in [4.69, 9.17) is 0 Å². The van der Waals surface area contributed by atoms with E-state index < -0.39 is 98.9 Å². The van der Waals surface area contributed by atoms with Crippen molar-refractivity contribution in [1.82, 2.24) is 0 Å². The van der Waals surface area contributed by atoms with Crippen LogP contribution in [0.3, 0.4) is 0 Å². The second-order valence-electron chi connectivity index (χ2n) is 11.8. The standard InChI is InChI=1S/C27H33F23O2S/c1-4-7-10-13-53(14-11-8-5-2,15-12-9-6-3)52-16(51)17(28,29)18(30,31)19(32,33)20(34,35)21(36,37)22(38,39)23(40,41)24(42,43)25(44,45)26(46,47)27(48,49)50/h4-15H2,1-3H3. The molecular weight excluding hydrogens is 825 g/mol. The topological polar surface area (TPSA) is 26.3 Å². The summed E-state index contributed by atoms with van der Waals surface area (Å²) in [6.07, 6.45) is -6.27. The first kappa shape index (κ1) is 51.2. The Kier molecular flexibility index (Phi) is 15.8.